The number of esters is 1. The van der Waals surface area contributed by atoms with Crippen molar-refractivity contribution in [3.05, 3.63) is 0 Å². The van der Waals surface area contributed by atoms with Gasteiger partial charge in [-0.2, -0.15) is 0 Å². The SMILES string of the molecule is CCCCOC(=O)OC(=O)C1COCCN1C. The van der Waals surface area contributed by atoms with Crippen molar-refractivity contribution in [2.24, 2.45) is 0 Å². The van der Waals surface area contributed by atoms with Gasteiger partial charge in [0.05, 0.1) is 19.8 Å². The highest BCUT2D eigenvalue weighted by Gasteiger charge is 2.30. The summed E-state index contributed by atoms with van der Waals surface area (Å²) in [6.45, 7) is 3.73. The van der Waals surface area contributed by atoms with Gasteiger partial charge in [0.15, 0.2) is 0 Å². The Hall–Kier alpha value is -1.14. The Morgan fingerprint density at radius 2 is 2.24 bits per heavy atom. The van der Waals surface area contributed by atoms with Gasteiger partial charge in [-0.1, -0.05) is 13.3 Å². The maximum Gasteiger partial charge on any atom is 0.516 e. The van der Waals surface area contributed by atoms with Crippen LogP contribution in [-0.2, 0) is 19.0 Å². The number of rotatable bonds is 4. The Morgan fingerprint density at radius 3 is 2.88 bits per heavy atom. The van der Waals surface area contributed by atoms with Crippen LogP contribution in [0.25, 0.3) is 0 Å². The lowest BCUT2D eigenvalue weighted by Gasteiger charge is -2.29. The Bertz CT molecular complexity index is 269. The van der Waals surface area contributed by atoms with Crippen LogP contribution in [0.1, 0.15) is 19.8 Å². The van der Waals surface area contributed by atoms with Crippen LogP contribution in [0.15, 0.2) is 0 Å². The molecule has 0 N–H and O–H groups in total. The first-order chi connectivity index (χ1) is 8.15. The highest BCUT2D eigenvalue weighted by Crippen LogP contribution is 2.06. The summed E-state index contributed by atoms with van der Waals surface area (Å²) >= 11 is 0. The second-order valence-electron chi connectivity index (χ2n) is 3.94. The van der Waals surface area contributed by atoms with Gasteiger partial charge in [0.2, 0.25) is 0 Å². The molecule has 1 fully saturated rings. The molecule has 1 aliphatic rings. The summed E-state index contributed by atoms with van der Waals surface area (Å²) in [7, 11) is 1.79. The minimum absolute atomic E-state index is 0.248. The van der Waals surface area contributed by atoms with Gasteiger partial charge in [-0.3, -0.25) is 4.90 Å². The highest BCUT2D eigenvalue weighted by atomic mass is 16.7. The van der Waals surface area contributed by atoms with Gasteiger partial charge in [0.1, 0.15) is 6.04 Å². The summed E-state index contributed by atoms with van der Waals surface area (Å²) in [5, 5.41) is 0. The number of unbranched alkanes of at least 4 members (excludes halogenated alkanes) is 1. The number of nitrogens with zero attached hydrogens (tertiary/aromatic N) is 1. The Labute approximate surface area is 101 Å². The lowest BCUT2D eigenvalue weighted by molar-refractivity contribution is -0.151. The standard InChI is InChI=1S/C11H19NO5/c1-3-4-6-16-11(14)17-10(13)9-8-15-7-5-12(9)2/h9H,3-8H2,1-2H3. The van der Waals surface area contributed by atoms with E-state index in [2.05, 4.69) is 4.74 Å². The van der Waals surface area contributed by atoms with Gasteiger partial charge in [0, 0.05) is 6.54 Å². The second kappa shape index (κ2) is 7.24. The van der Waals surface area contributed by atoms with Crippen LogP contribution in [0.3, 0.4) is 0 Å². The zero-order chi connectivity index (χ0) is 12.7. The number of morpholine rings is 1. The largest absolute Gasteiger partial charge is 0.516 e. The number of hydrogen-bond donors (Lipinski definition) is 0. The van der Waals surface area contributed by atoms with Crippen LogP contribution in [0.2, 0.25) is 0 Å². The summed E-state index contributed by atoms with van der Waals surface area (Å²) in [5.74, 6) is -0.617. The van der Waals surface area contributed by atoms with Crippen molar-refractivity contribution in [1.29, 1.82) is 0 Å². The maximum atomic E-state index is 11.6. The van der Waals surface area contributed by atoms with Crippen LogP contribution in [-0.4, -0.2) is 56.5 Å². The number of hydrogen-bond acceptors (Lipinski definition) is 6. The normalized spacial score (nSPS) is 20.9. The average molecular weight is 245 g/mol. The second-order valence-corrected chi connectivity index (χ2v) is 3.94. The van der Waals surface area contributed by atoms with Crippen molar-refractivity contribution < 1.29 is 23.8 Å². The maximum absolute atomic E-state index is 11.6. The third-order valence-electron chi connectivity index (χ3n) is 2.57. The molecule has 6 heteroatoms. The van der Waals surface area contributed by atoms with Crippen molar-refractivity contribution in [2.75, 3.05) is 33.4 Å². The summed E-state index contributed by atoms with van der Waals surface area (Å²) in [6, 6.07) is -0.525. The lowest BCUT2D eigenvalue weighted by atomic mass is 10.2. The van der Waals surface area contributed by atoms with E-state index in [-0.39, 0.29) is 13.2 Å². The lowest BCUT2D eigenvalue weighted by Crippen LogP contribution is -2.48. The van der Waals surface area contributed by atoms with E-state index in [0.29, 0.717) is 13.2 Å². The fourth-order valence-corrected chi connectivity index (χ4v) is 1.41. The molecule has 0 aliphatic carbocycles. The van der Waals surface area contributed by atoms with Crippen LogP contribution in [0.5, 0.6) is 0 Å². The molecular formula is C11H19NO5. The minimum atomic E-state index is -0.928. The van der Waals surface area contributed by atoms with E-state index in [9.17, 15) is 9.59 Å². The molecule has 1 aliphatic heterocycles. The van der Waals surface area contributed by atoms with Gasteiger partial charge in [0.25, 0.3) is 0 Å². The van der Waals surface area contributed by atoms with Gasteiger partial charge in [-0.25, -0.2) is 9.59 Å². The predicted octanol–water partition coefficient (Wildman–Crippen LogP) is 0.797. The molecule has 0 bridgehead atoms. The number of ether oxygens (including phenoxy) is 3. The first-order valence-corrected chi connectivity index (χ1v) is 5.81. The first kappa shape index (κ1) is 13.9. The molecule has 1 heterocycles. The van der Waals surface area contributed by atoms with Crippen LogP contribution in [0.4, 0.5) is 4.79 Å². The van der Waals surface area contributed by atoms with E-state index in [0.717, 1.165) is 12.8 Å². The fourth-order valence-electron chi connectivity index (χ4n) is 1.41. The quantitative estimate of drug-likeness (QED) is 0.414. The molecule has 17 heavy (non-hydrogen) atoms. The van der Waals surface area contributed by atoms with E-state index in [1.54, 1.807) is 11.9 Å². The minimum Gasteiger partial charge on any atom is -0.434 e. The number of carbonyl (C=O) groups is 2. The molecule has 1 saturated heterocycles. The van der Waals surface area contributed by atoms with E-state index < -0.39 is 18.2 Å². The fraction of sp³-hybridized carbons (Fsp3) is 0.818. The van der Waals surface area contributed by atoms with Gasteiger partial charge >= 0.3 is 12.1 Å². The molecule has 6 nitrogen and oxygen atoms in total. The van der Waals surface area contributed by atoms with Crippen molar-refractivity contribution in [1.82, 2.24) is 4.90 Å². The summed E-state index contributed by atoms with van der Waals surface area (Å²) in [6.07, 6.45) is 0.748. The highest BCUT2D eigenvalue weighted by molar-refractivity contribution is 5.85. The van der Waals surface area contributed by atoms with Gasteiger partial charge < -0.3 is 14.2 Å². The Morgan fingerprint density at radius 1 is 1.47 bits per heavy atom. The molecule has 1 rings (SSSR count). The predicted molar refractivity (Wildman–Crippen MR) is 59.6 cm³/mol. The third kappa shape index (κ3) is 4.70. The first-order valence-electron chi connectivity index (χ1n) is 5.81. The zero-order valence-corrected chi connectivity index (χ0v) is 10.3. The molecule has 0 saturated carbocycles. The topological polar surface area (TPSA) is 65.1 Å². The average Bonchev–Trinajstić information content (AvgIpc) is 2.29. The van der Waals surface area contributed by atoms with Crippen LogP contribution < -0.4 is 0 Å². The summed E-state index contributed by atoms with van der Waals surface area (Å²) < 4.78 is 14.5. The molecule has 1 atom stereocenters. The molecular weight excluding hydrogens is 226 g/mol. The summed E-state index contributed by atoms with van der Waals surface area (Å²) in [4.78, 5) is 24.6. The summed E-state index contributed by atoms with van der Waals surface area (Å²) in [5.41, 5.74) is 0. The monoisotopic (exact) mass is 245 g/mol. The van der Waals surface area contributed by atoms with Gasteiger partial charge in [-0.15, -0.1) is 0 Å². The molecule has 0 spiro atoms. The van der Waals surface area contributed by atoms with Crippen molar-refractivity contribution in [3.8, 4) is 0 Å². The van der Waals surface area contributed by atoms with Crippen LogP contribution in [0, 0.1) is 0 Å². The van der Waals surface area contributed by atoms with Crippen molar-refractivity contribution in [2.45, 2.75) is 25.8 Å². The van der Waals surface area contributed by atoms with E-state index in [1.165, 1.54) is 0 Å². The van der Waals surface area contributed by atoms with E-state index in [1.807, 2.05) is 6.92 Å². The Kier molecular flexibility index (Phi) is 5.93. The Balaban J connectivity index is 2.29. The molecule has 1 unspecified atom stereocenters. The van der Waals surface area contributed by atoms with Crippen molar-refractivity contribution in [3.63, 3.8) is 0 Å². The van der Waals surface area contributed by atoms with E-state index >= 15 is 0 Å². The van der Waals surface area contributed by atoms with Crippen LogP contribution >= 0.6 is 0 Å². The molecule has 0 aromatic rings. The molecule has 0 aromatic carbocycles. The smallest absolute Gasteiger partial charge is 0.434 e. The van der Waals surface area contributed by atoms with Gasteiger partial charge in [-0.05, 0) is 13.5 Å². The molecule has 0 aromatic heterocycles. The number of likely N-dealkylation sites (N-methyl/N-ethyl adjacent to an activating group) is 1. The molecule has 98 valence electrons. The number of carbonyl (C=O) groups excluding carboxylic acids is 2. The molecule has 0 amide bonds. The zero-order valence-electron chi connectivity index (χ0n) is 10.3. The van der Waals surface area contributed by atoms with E-state index in [4.69, 9.17) is 9.47 Å². The third-order valence-corrected chi connectivity index (χ3v) is 2.57. The van der Waals surface area contributed by atoms with Crippen molar-refractivity contribution >= 4 is 12.1 Å². The molecule has 0 radical (unpaired) electrons.